The topological polar surface area (TPSA) is 64.7 Å². The number of hydrogen-bond acceptors (Lipinski definition) is 3. The summed E-state index contributed by atoms with van der Waals surface area (Å²) in [6.45, 7) is 6.77. The second-order valence-corrected chi connectivity index (χ2v) is 9.13. The predicted octanol–water partition coefficient (Wildman–Crippen LogP) is 4.58. The van der Waals surface area contributed by atoms with Gasteiger partial charge in [-0.05, 0) is 62.4 Å². The van der Waals surface area contributed by atoms with E-state index in [2.05, 4.69) is 15.5 Å². The Balaban J connectivity index is 1.45. The molecule has 0 bridgehead atoms. The third-order valence-corrected chi connectivity index (χ3v) is 6.79. The number of piperidine rings is 2. The Bertz CT molecular complexity index is 796. The first kappa shape index (κ1) is 25.3. The molecule has 2 aliphatic heterocycles. The zero-order valence-corrected chi connectivity index (χ0v) is 19.3. The summed E-state index contributed by atoms with van der Waals surface area (Å²) in [4.78, 5) is 29.2. The molecule has 3 amide bonds. The van der Waals surface area contributed by atoms with Crippen LogP contribution in [-0.4, -0.2) is 61.0 Å². The number of alkyl halides is 3. The lowest BCUT2D eigenvalue weighted by Crippen LogP contribution is -2.46. The van der Waals surface area contributed by atoms with Crippen molar-refractivity contribution in [2.75, 3.05) is 44.6 Å². The first-order valence-corrected chi connectivity index (χ1v) is 12.0. The van der Waals surface area contributed by atoms with Crippen molar-refractivity contribution in [3.8, 4) is 0 Å². The van der Waals surface area contributed by atoms with Crippen molar-refractivity contribution < 1.29 is 22.8 Å². The van der Waals surface area contributed by atoms with E-state index in [1.165, 1.54) is 31.4 Å². The molecule has 0 radical (unpaired) electrons. The van der Waals surface area contributed by atoms with Crippen LogP contribution in [0, 0.1) is 11.8 Å². The van der Waals surface area contributed by atoms with Crippen LogP contribution in [0.5, 0.6) is 0 Å². The van der Waals surface area contributed by atoms with Gasteiger partial charge < -0.3 is 20.4 Å². The molecule has 2 saturated heterocycles. The Morgan fingerprint density at radius 2 is 1.85 bits per heavy atom. The molecule has 2 unspecified atom stereocenters. The summed E-state index contributed by atoms with van der Waals surface area (Å²) in [5, 5.41) is 5.63. The number of anilines is 1. The number of nitrogens with one attached hydrogen (secondary N) is 2. The molecule has 0 saturated carbocycles. The largest absolute Gasteiger partial charge is 0.416 e. The molecule has 9 heteroatoms. The Morgan fingerprint density at radius 3 is 2.55 bits per heavy atom. The van der Waals surface area contributed by atoms with Gasteiger partial charge in [-0.1, -0.05) is 25.8 Å². The summed E-state index contributed by atoms with van der Waals surface area (Å²) in [5.41, 5.74) is -0.671. The molecule has 184 valence electrons. The second kappa shape index (κ2) is 11.7. The van der Waals surface area contributed by atoms with Gasteiger partial charge >= 0.3 is 12.2 Å². The average molecular weight is 469 g/mol. The third kappa shape index (κ3) is 7.62. The van der Waals surface area contributed by atoms with E-state index in [9.17, 15) is 22.8 Å². The maximum absolute atomic E-state index is 12.9. The Hall–Kier alpha value is -2.29. The number of urea groups is 1. The Labute approximate surface area is 193 Å². The molecule has 2 atom stereocenters. The number of benzene rings is 1. The van der Waals surface area contributed by atoms with E-state index in [0.29, 0.717) is 32.5 Å². The van der Waals surface area contributed by atoms with Gasteiger partial charge in [-0.15, -0.1) is 0 Å². The highest BCUT2D eigenvalue weighted by molar-refractivity contribution is 5.89. The molecule has 2 N–H and O–H groups in total. The van der Waals surface area contributed by atoms with Crippen LogP contribution < -0.4 is 10.6 Å². The number of carbonyl (C=O) groups is 2. The monoisotopic (exact) mass is 468 g/mol. The number of rotatable bonds is 7. The summed E-state index contributed by atoms with van der Waals surface area (Å²) < 4.78 is 38.8. The highest BCUT2D eigenvalue weighted by atomic mass is 19.4. The van der Waals surface area contributed by atoms with E-state index in [0.717, 1.165) is 38.2 Å². The van der Waals surface area contributed by atoms with Crippen molar-refractivity contribution in [3.05, 3.63) is 29.8 Å². The van der Waals surface area contributed by atoms with Crippen molar-refractivity contribution >= 4 is 17.6 Å². The van der Waals surface area contributed by atoms with Crippen LogP contribution in [0.2, 0.25) is 0 Å². The summed E-state index contributed by atoms with van der Waals surface area (Å²) in [5.74, 6) is 0.429. The minimum absolute atomic E-state index is 0.0531. The summed E-state index contributed by atoms with van der Waals surface area (Å²) in [6.07, 6.45) is 1.27. The minimum atomic E-state index is -4.46. The van der Waals surface area contributed by atoms with Crippen LogP contribution >= 0.6 is 0 Å². The Kier molecular flexibility index (Phi) is 9.00. The molecule has 2 aliphatic rings. The van der Waals surface area contributed by atoms with Gasteiger partial charge in [-0.2, -0.15) is 13.2 Å². The first-order valence-electron chi connectivity index (χ1n) is 12.0. The van der Waals surface area contributed by atoms with Gasteiger partial charge in [-0.25, -0.2) is 4.79 Å². The zero-order chi connectivity index (χ0) is 23.8. The van der Waals surface area contributed by atoms with Crippen molar-refractivity contribution in [2.45, 2.75) is 51.6 Å². The maximum Gasteiger partial charge on any atom is 0.416 e. The number of nitrogens with zero attached hydrogens (tertiary/aromatic N) is 2. The van der Waals surface area contributed by atoms with Gasteiger partial charge in [0.25, 0.3) is 0 Å². The third-order valence-electron chi connectivity index (χ3n) is 6.79. The fourth-order valence-electron chi connectivity index (χ4n) is 4.82. The normalized spacial score (nSPS) is 22.1. The molecule has 1 aromatic rings. The van der Waals surface area contributed by atoms with Crippen molar-refractivity contribution in [3.63, 3.8) is 0 Å². The molecule has 33 heavy (non-hydrogen) atoms. The average Bonchev–Trinajstić information content (AvgIpc) is 2.79. The summed E-state index contributed by atoms with van der Waals surface area (Å²) >= 11 is 0. The Morgan fingerprint density at radius 1 is 1.09 bits per heavy atom. The summed E-state index contributed by atoms with van der Waals surface area (Å²) in [7, 11) is 0. The van der Waals surface area contributed by atoms with Crippen LogP contribution in [-0.2, 0) is 11.0 Å². The minimum Gasteiger partial charge on any atom is -0.355 e. The molecule has 3 rings (SSSR count). The highest BCUT2D eigenvalue weighted by Gasteiger charge is 2.33. The first-order chi connectivity index (χ1) is 15.8. The standard InChI is InChI=1S/C24H35F3N4O2/c1-2-18-17-31(23(33)29-21-8-6-7-20(16-21)24(25,26)27)13-9-19(18)15-22(32)28-10-14-30-11-4-3-5-12-30/h6-8,16,18-19H,2-5,9-15,17H2,1H3,(H,28,32)(H,29,33). The quantitative estimate of drug-likeness (QED) is 0.616. The molecule has 1 aromatic carbocycles. The fourth-order valence-corrected chi connectivity index (χ4v) is 4.82. The molecule has 2 fully saturated rings. The number of amides is 3. The number of halogens is 3. The van der Waals surface area contributed by atoms with Gasteiger partial charge in [0.05, 0.1) is 5.56 Å². The fraction of sp³-hybridized carbons (Fsp3) is 0.667. The molecular formula is C24H35F3N4O2. The van der Waals surface area contributed by atoms with Crippen LogP contribution in [0.15, 0.2) is 24.3 Å². The number of hydrogen-bond donors (Lipinski definition) is 2. The molecule has 0 aliphatic carbocycles. The van der Waals surface area contributed by atoms with E-state index < -0.39 is 17.8 Å². The second-order valence-electron chi connectivity index (χ2n) is 9.13. The molecular weight excluding hydrogens is 433 g/mol. The lowest BCUT2D eigenvalue weighted by Gasteiger charge is -2.38. The van der Waals surface area contributed by atoms with Gasteiger partial charge in [0, 0.05) is 38.3 Å². The van der Waals surface area contributed by atoms with Crippen LogP contribution in [0.3, 0.4) is 0 Å². The lowest BCUT2D eigenvalue weighted by atomic mass is 9.81. The number of carbonyl (C=O) groups excluding carboxylic acids is 2. The van der Waals surface area contributed by atoms with E-state index in [-0.39, 0.29) is 23.4 Å². The van der Waals surface area contributed by atoms with Gasteiger partial charge in [0.2, 0.25) is 5.91 Å². The van der Waals surface area contributed by atoms with Crippen LogP contribution in [0.4, 0.5) is 23.7 Å². The highest BCUT2D eigenvalue weighted by Crippen LogP contribution is 2.32. The molecule has 0 spiro atoms. The van der Waals surface area contributed by atoms with E-state index in [1.54, 1.807) is 4.90 Å². The maximum atomic E-state index is 12.9. The van der Waals surface area contributed by atoms with E-state index in [4.69, 9.17) is 0 Å². The predicted molar refractivity (Wildman–Crippen MR) is 122 cm³/mol. The van der Waals surface area contributed by atoms with Gasteiger partial charge in [0.15, 0.2) is 0 Å². The lowest BCUT2D eigenvalue weighted by molar-refractivity contribution is -0.137. The molecule has 2 heterocycles. The molecule has 6 nitrogen and oxygen atoms in total. The van der Waals surface area contributed by atoms with Crippen LogP contribution in [0.25, 0.3) is 0 Å². The molecule has 0 aromatic heterocycles. The van der Waals surface area contributed by atoms with E-state index >= 15 is 0 Å². The smallest absolute Gasteiger partial charge is 0.355 e. The van der Waals surface area contributed by atoms with Gasteiger partial charge in [-0.3, -0.25) is 4.79 Å². The number of likely N-dealkylation sites (tertiary alicyclic amines) is 2. The zero-order valence-electron chi connectivity index (χ0n) is 19.3. The van der Waals surface area contributed by atoms with Crippen LogP contribution in [0.1, 0.15) is 51.0 Å². The van der Waals surface area contributed by atoms with Crippen molar-refractivity contribution in [2.24, 2.45) is 11.8 Å². The van der Waals surface area contributed by atoms with Crippen molar-refractivity contribution in [1.82, 2.24) is 15.1 Å². The summed E-state index contributed by atoms with van der Waals surface area (Å²) in [6, 6.07) is 4.24. The van der Waals surface area contributed by atoms with Gasteiger partial charge in [0.1, 0.15) is 0 Å². The SMILES string of the molecule is CCC1CN(C(=O)Nc2cccc(C(F)(F)F)c2)CCC1CC(=O)NCCN1CCCCC1. The van der Waals surface area contributed by atoms with E-state index in [1.807, 2.05) is 6.92 Å². The van der Waals surface area contributed by atoms with Crippen molar-refractivity contribution in [1.29, 1.82) is 0 Å².